The molecule has 1 amide bonds. The number of benzene rings is 1. The Kier molecular flexibility index (Phi) is 4.78. The predicted octanol–water partition coefficient (Wildman–Crippen LogP) is 3.10. The number of anilines is 1. The highest BCUT2D eigenvalue weighted by Crippen LogP contribution is 2.29. The maximum atomic E-state index is 13.0. The van der Waals surface area contributed by atoms with Gasteiger partial charge in [0.2, 0.25) is 5.88 Å². The van der Waals surface area contributed by atoms with E-state index in [2.05, 4.69) is 25.8 Å². The molecule has 0 unspecified atom stereocenters. The number of ether oxygens (including phenoxy) is 1. The maximum Gasteiger partial charge on any atom is 0.261 e. The van der Waals surface area contributed by atoms with E-state index in [1.54, 1.807) is 37.0 Å². The molecule has 0 aliphatic carbocycles. The third-order valence-electron chi connectivity index (χ3n) is 4.42. The molecule has 3 heterocycles. The highest BCUT2D eigenvalue weighted by atomic mass is 16.5. The molecule has 4 rings (SSSR count). The summed E-state index contributed by atoms with van der Waals surface area (Å²) < 4.78 is 12.2. The number of hydrogen-bond donors (Lipinski definition) is 1. The van der Waals surface area contributed by atoms with Crippen LogP contribution < -0.4 is 10.1 Å². The number of carbonyl (C=O) groups excluding carboxylic acids is 1. The lowest BCUT2D eigenvalue weighted by atomic mass is 10.1. The van der Waals surface area contributed by atoms with Crippen molar-refractivity contribution in [1.82, 2.24) is 25.1 Å². The first-order valence-electron chi connectivity index (χ1n) is 8.81. The minimum atomic E-state index is -0.363. The Morgan fingerprint density at radius 3 is 2.66 bits per heavy atom. The van der Waals surface area contributed by atoms with Crippen LogP contribution in [0.1, 0.15) is 16.1 Å². The van der Waals surface area contributed by atoms with Gasteiger partial charge in [-0.15, -0.1) is 5.10 Å². The smallest absolute Gasteiger partial charge is 0.261 e. The second-order valence-corrected chi connectivity index (χ2v) is 6.28. The molecule has 0 saturated heterocycles. The van der Waals surface area contributed by atoms with Crippen molar-refractivity contribution in [3.63, 3.8) is 0 Å². The summed E-state index contributed by atoms with van der Waals surface area (Å²) in [5.74, 6) is 0.330. The van der Waals surface area contributed by atoms with Crippen molar-refractivity contribution in [2.45, 2.75) is 6.92 Å². The standard InChI is InChI=1S/C20H18N6O3/c1-12-17(18(24-29-12)13-7-5-4-6-8-13)19(27)22-15-10-9-14(23-20(15)28-3)16-11-21-25-26(16)2/h4-11H,1-3H3,(H,22,27). The van der Waals surface area contributed by atoms with Gasteiger partial charge in [-0.3, -0.25) is 4.79 Å². The summed E-state index contributed by atoms with van der Waals surface area (Å²) in [6.45, 7) is 1.70. The Hall–Kier alpha value is -4.01. The lowest BCUT2D eigenvalue weighted by Crippen LogP contribution is -2.14. The van der Waals surface area contributed by atoms with Gasteiger partial charge in [0, 0.05) is 12.6 Å². The third kappa shape index (κ3) is 3.45. The number of methoxy groups -OCH3 is 1. The lowest BCUT2D eigenvalue weighted by Gasteiger charge is -2.11. The summed E-state index contributed by atoms with van der Waals surface area (Å²) in [5, 5.41) is 14.6. The number of pyridine rings is 1. The molecule has 4 aromatic rings. The highest BCUT2D eigenvalue weighted by Gasteiger charge is 2.23. The maximum absolute atomic E-state index is 13.0. The first kappa shape index (κ1) is 18.4. The fourth-order valence-corrected chi connectivity index (χ4v) is 2.97. The molecule has 29 heavy (non-hydrogen) atoms. The number of nitrogens with zero attached hydrogens (tertiary/aromatic N) is 5. The van der Waals surface area contributed by atoms with Crippen LogP contribution in [0, 0.1) is 6.92 Å². The zero-order valence-electron chi connectivity index (χ0n) is 16.1. The number of aromatic nitrogens is 5. The molecule has 9 nitrogen and oxygen atoms in total. The molecule has 146 valence electrons. The van der Waals surface area contributed by atoms with Gasteiger partial charge in [-0.1, -0.05) is 40.7 Å². The van der Waals surface area contributed by atoms with Gasteiger partial charge in [0.05, 0.1) is 19.0 Å². The molecule has 0 saturated carbocycles. The van der Waals surface area contributed by atoms with Crippen molar-refractivity contribution in [1.29, 1.82) is 0 Å². The van der Waals surface area contributed by atoms with Gasteiger partial charge >= 0.3 is 0 Å². The van der Waals surface area contributed by atoms with Crippen molar-refractivity contribution in [2.24, 2.45) is 7.05 Å². The summed E-state index contributed by atoms with van der Waals surface area (Å²) in [6.07, 6.45) is 1.60. The largest absolute Gasteiger partial charge is 0.479 e. The van der Waals surface area contributed by atoms with Crippen molar-refractivity contribution in [2.75, 3.05) is 12.4 Å². The third-order valence-corrected chi connectivity index (χ3v) is 4.42. The number of amides is 1. The SMILES string of the molecule is COc1nc(-c2cnnn2C)ccc1NC(=O)c1c(-c2ccccc2)noc1C. The Morgan fingerprint density at radius 2 is 1.97 bits per heavy atom. The summed E-state index contributed by atoms with van der Waals surface area (Å²) in [6, 6.07) is 12.9. The van der Waals surface area contributed by atoms with E-state index in [4.69, 9.17) is 9.26 Å². The van der Waals surface area contributed by atoms with Crippen LogP contribution in [0.5, 0.6) is 5.88 Å². The molecule has 0 atom stereocenters. The molecule has 0 fully saturated rings. The number of carbonyl (C=O) groups is 1. The van der Waals surface area contributed by atoms with Gasteiger partial charge < -0.3 is 14.6 Å². The zero-order chi connectivity index (χ0) is 20.4. The van der Waals surface area contributed by atoms with Crippen molar-refractivity contribution >= 4 is 11.6 Å². The lowest BCUT2D eigenvalue weighted by molar-refractivity contribution is 0.102. The second kappa shape index (κ2) is 7.55. The molecule has 9 heteroatoms. The average molecular weight is 390 g/mol. The topological polar surface area (TPSA) is 108 Å². The van der Waals surface area contributed by atoms with E-state index in [9.17, 15) is 4.79 Å². The van der Waals surface area contributed by atoms with Crippen LogP contribution in [0.15, 0.2) is 53.2 Å². The van der Waals surface area contributed by atoms with E-state index >= 15 is 0 Å². The number of rotatable bonds is 5. The highest BCUT2D eigenvalue weighted by molar-refractivity contribution is 6.09. The zero-order valence-corrected chi connectivity index (χ0v) is 16.1. The van der Waals surface area contributed by atoms with Crippen molar-refractivity contribution < 1.29 is 14.1 Å². The van der Waals surface area contributed by atoms with Crippen molar-refractivity contribution in [3.05, 3.63) is 60.0 Å². The molecule has 0 aliphatic rings. The monoisotopic (exact) mass is 390 g/mol. The quantitative estimate of drug-likeness (QED) is 0.558. The van der Waals surface area contributed by atoms with E-state index in [1.807, 2.05) is 30.3 Å². The first-order chi connectivity index (χ1) is 14.1. The van der Waals surface area contributed by atoms with Crippen LogP contribution in [-0.4, -0.2) is 38.2 Å². The van der Waals surface area contributed by atoms with Gasteiger partial charge in [0.15, 0.2) is 0 Å². The van der Waals surface area contributed by atoms with Crippen molar-refractivity contribution in [3.8, 4) is 28.5 Å². The molecule has 1 N–H and O–H groups in total. The van der Waals surface area contributed by atoms with Crippen LogP contribution >= 0.6 is 0 Å². The molecular formula is C20H18N6O3. The molecule has 3 aromatic heterocycles. The molecular weight excluding hydrogens is 372 g/mol. The van der Waals surface area contributed by atoms with Crippen LogP contribution in [0.25, 0.3) is 22.6 Å². The van der Waals surface area contributed by atoms with E-state index in [1.165, 1.54) is 7.11 Å². The average Bonchev–Trinajstić information content (AvgIpc) is 3.34. The van der Waals surface area contributed by atoms with E-state index in [-0.39, 0.29) is 11.8 Å². The molecule has 0 radical (unpaired) electrons. The summed E-state index contributed by atoms with van der Waals surface area (Å²) >= 11 is 0. The molecule has 0 aliphatic heterocycles. The molecule has 1 aromatic carbocycles. The van der Waals surface area contributed by atoms with Crippen LogP contribution in [0.4, 0.5) is 5.69 Å². The summed E-state index contributed by atoms with van der Waals surface area (Å²) in [7, 11) is 3.26. The Balaban J connectivity index is 1.66. The Labute approximate surface area is 166 Å². The van der Waals surface area contributed by atoms with Gasteiger partial charge in [-0.2, -0.15) is 0 Å². The van der Waals surface area contributed by atoms with E-state index in [0.29, 0.717) is 28.4 Å². The molecule has 0 spiro atoms. The van der Waals surface area contributed by atoms with Crippen LogP contribution in [-0.2, 0) is 7.05 Å². The predicted molar refractivity (Wildman–Crippen MR) is 105 cm³/mol. The van der Waals surface area contributed by atoms with Gasteiger partial charge in [0.1, 0.15) is 28.4 Å². The fourth-order valence-electron chi connectivity index (χ4n) is 2.97. The van der Waals surface area contributed by atoms with Crippen LogP contribution in [0.3, 0.4) is 0 Å². The van der Waals surface area contributed by atoms with Gasteiger partial charge in [-0.25, -0.2) is 9.67 Å². The summed E-state index contributed by atoms with van der Waals surface area (Å²) in [5.41, 5.74) is 3.40. The van der Waals surface area contributed by atoms with Gasteiger partial charge in [-0.05, 0) is 19.1 Å². The fraction of sp³-hybridized carbons (Fsp3) is 0.150. The number of hydrogen-bond acceptors (Lipinski definition) is 7. The Morgan fingerprint density at radius 1 is 1.17 bits per heavy atom. The minimum absolute atomic E-state index is 0.271. The van der Waals surface area contributed by atoms with E-state index in [0.717, 1.165) is 11.3 Å². The minimum Gasteiger partial charge on any atom is -0.479 e. The molecule has 0 bridgehead atoms. The normalized spacial score (nSPS) is 10.7. The van der Waals surface area contributed by atoms with Gasteiger partial charge in [0.25, 0.3) is 5.91 Å². The van der Waals surface area contributed by atoms with E-state index < -0.39 is 0 Å². The Bertz CT molecular complexity index is 1170. The summed E-state index contributed by atoms with van der Waals surface area (Å²) in [4.78, 5) is 17.5. The van der Waals surface area contributed by atoms with Crippen LogP contribution in [0.2, 0.25) is 0 Å². The second-order valence-electron chi connectivity index (χ2n) is 6.28. The number of nitrogens with one attached hydrogen (secondary N) is 1. The number of aryl methyl sites for hydroxylation is 2. The first-order valence-corrected chi connectivity index (χ1v) is 8.81.